The lowest BCUT2D eigenvalue weighted by molar-refractivity contribution is 0.0695. The summed E-state index contributed by atoms with van der Waals surface area (Å²) in [6.45, 7) is 3.71. The van der Waals surface area contributed by atoms with Crippen LogP contribution in [0.4, 0.5) is 5.13 Å². The van der Waals surface area contributed by atoms with Gasteiger partial charge in [-0.2, -0.15) is 0 Å². The number of carboxylic acid groups (broad SMARTS) is 1. The molecule has 0 bridgehead atoms. The van der Waals surface area contributed by atoms with E-state index in [2.05, 4.69) is 27.0 Å². The molecule has 0 atom stereocenters. The van der Waals surface area contributed by atoms with E-state index in [0.29, 0.717) is 5.13 Å². The van der Waals surface area contributed by atoms with Gasteiger partial charge in [-0.25, -0.2) is 4.79 Å². The zero-order chi connectivity index (χ0) is 10.8. The second kappa shape index (κ2) is 4.11. The number of nitrogens with zero attached hydrogens (tertiary/aromatic N) is 4. The van der Waals surface area contributed by atoms with Crippen molar-refractivity contribution in [3.8, 4) is 0 Å². The van der Waals surface area contributed by atoms with E-state index in [0.717, 1.165) is 37.5 Å². The summed E-state index contributed by atoms with van der Waals surface area (Å²) in [6.07, 6.45) is 0. The summed E-state index contributed by atoms with van der Waals surface area (Å²) in [5, 5.41) is 17.0. The number of aromatic nitrogens is 2. The molecule has 0 spiro atoms. The number of aromatic carboxylic acids is 1. The predicted octanol–water partition coefficient (Wildman–Crippen LogP) is -0.0119. The molecule has 6 nitrogen and oxygen atoms in total. The fraction of sp³-hybridized carbons (Fsp3) is 0.625. The first-order valence-corrected chi connectivity index (χ1v) is 5.49. The van der Waals surface area contributed by atoms with Crippen LogP contribution in [-0.2, 0) is 0 Å². The maximum Gasteiger partial charge on any atom is 0.367 e. The van der Waals surface area contributed by atoms with Crippen LogP contribution in [0.15, 0.2) is 0 Å². The molecule has 0 saturated carbocycles. The van der Waals surface area contributed by atoms with Crippen molar-refractivity contribution in [2.24, 2.45) is 0 Å². The SMILES string of the molecule is CN1CCN(c2nnc(C(=O)O)s2)CC1. The fourth-order valence-corrected chi connectivity index (χ4v) is 2.16. The average molecular weight is 228 g/mol. The Morgan fingerprint density at radius 1 is 1.33 bits per heavy atom. The molecule has 0 aromatic carbocycles. The lowest BCUT2D eigenvalue weighted by atomic mass is 10.3. The third-order valence-corrected chi connectivity index (χ3v) is 3.34. The molecular weight excluding hydrogens is 216 g/mol. The van der Waals surface area contributed by atoms with E-state index >= 15 is 0 Å². The van der Waals surface area contributed by atoms with Crippen LogP contribution in [0.5, 0.6) is 0 Å². The van der Waals surface area contributed by atoms with Gasteiger partial charge in [0.15, 0.2) is 0 Å². The molecule has 1 aliphatic heterocycles. The molecule has 1 fully saturated rings. The summed E-state index contributed by atoms with van der Waals surface area (Å²) in [4.78, 5) is 14.9. The normalized spacial score (nSPS) is 18.1. The highest BCUT2D eigenvalue weighted by molar-refractivity contribution is 7.17. The maximum atomic E-state index is 10.6. The lowest BCUT2D eigenvalue weighted by Gasteiger charge is -2.31. The highest BCUT2D eigenvalue weighted by atomic mass is 32.1. The van der Waals surface area contributed by atoms with Crippen LogP contribution >= 0.6 is 11.3 Å². The first-order chi connectivity index (χ1) is 7.16. The topological polar surface area (TPSA) is 69.6 Å². The predicted molar refractivity (Wildman–Crippen MR) is 56.6 cm³/mol. The van der Waals surface area contributed by atoms with Crippen LogP contribution in [0.3, 0.4) is 0 Å². The minimum absolute atomic E-state index is 0.0592. The monoisotopic (exact) mass is 228 g/mol. The molecule has 1 aromatic heterocycles. The Hall–Kier alpha value is -1.21. The number of hydrogen-bond donors (Lipinski definition) is 1. The Bertz CT molecular complexity index is 359. The number of anilines is 1. The van der Waals surface area contributed by atoms with E-state index in [-0.39, 0.29) is 5.01 Å². The molecule has 0 radical (unpaired) electrons. The molecule has 0 unspecified atom stereocenters. The van der Waals surface area contributed by atoms with Crippen molar-refractivity contribution in [2.75, 3.05) is 38.1 Å². The summed E-state index contributed by atoms with van der Waals surface area (Å²) >= 11 is 1.13. The molecule has 7 heteroatoms. The quantitative estimate of drug-likeness (QED) is 0.767. The van der Waals surface area contributed by atoms with Gasteiger partial charge in [0, 0.05) is 26.2 Å². The molecule has 1 aromatic rings. The Kier molecular flexibility index (Phi) is 2.83. The fourth-order valence-electron chi connectivity index (χ4n) is 1.43. The average Bonchev–Trinajstić information content (AvgIpc) is 2.68. The maximum absolute atomic E-state index is 10.6. The van der Waals surface area contributed by atoms with Crippen molar-refractivity contribution in [2.45, 2.75) is 0 Å². The second-order valence-corrected chi connectivity index (χ2v) is 4.44. The Labute approximate surface area is 91.1 Å². The molecule has 1 aliphatic rings. The Balaban J connectivity index is 2.06. The molecule has 2 heterocycles. The van der Waals surface area contributed by atoms with Gasteiger partial charge in [0.1, 0.15) is 0 Å². The smallest absolute Gasteiger partial charge is 0.367 e. The molecule has 0 amide bonds. The van der Waals surface area contributed by atoms with Gasteiger partial charge in [0.25, 0.3) is 0 Å². The van der Waals surface area contributed by atoms with Gasteiger partial charge in [-0.1, -0.05) is 11.3 Å². The summed E-state index contributed by atoms with van der Waals surface area (Å²) in [5.41, 5.74) is 0. The van der Waals surface area contributed by atoms with Crippen molar-refractivity contribution in [3.05, 3.63) is 5.01 Å². The third kappa shape index (κ3) is 2.24. The van der Waals surface area contributed by atoms with Gasteiger partial charge in [-0.15, -0.1) is 10.2 Å². The van der Waals surface area contributed by atoms with Gasteiger partial charge in [-0.3, -0.25) is 0 Å². The number of piperazine rings is 1. The zero-order valence-corrected chi connectivity index (χ0v) is 9.20. The molecule has 1 saturated heterocycles. The van der Waals surface area contributed by atoms with Crippen LogP contribution in [0.1, 0.15) is 9.80 Å². The first-order valence-electron chi connectivity index (χ1n) is 4.67. The van der Waals surface area contributed by atoms with Gasteiger partial charge in [0.05, 0.1) is 0 Å². The second-order valence-electron chi connectivity index (χ2n) is 3.49. The third-order valence-electron chi connectivity index (χ3n) is 2.37. The van der Waals surface area contributed by atoms with Crippen molar-refractivity contribution in [1.82, 2.24) is 15.1 Å². The molecule has 1 N–H and O–H groups in total. The van der Waals surface area contributed by atoms with Gasteiger partial charge < -0.3 is 14.9 Å². The molecular formula is C8H12N4O2S. The Morgan fingerprint density at radius 3 is 2.53 bits per heavy atom. The summed E-state index contributed by atoms with van der Waals surface area (Å²) < 4.78 is 0. The van der Waals surface area contributed by atoms with Gasteiger partial charge >= 0.3 is 5.97 Å². The summed E-state index contributed by atoms with van der Waals surface area (Å²) in [6, 6.07) is 0. The van der Waals surface area contributed by atoms with Crippen LogP contribution < -0.4 is 4.90 Å². The van der Waals surface area contributed by atoms with Crippen LogP contribution in [0.25, 0.3) is 0 Å². The lowest BCUT2D eigenvalue weighted by Crippen LogP contribution is -2.44. The van der Waals surface area contributed by atoms with Gasteiger partial charge in [0.2, 0.25) is 10.1 Å². The standard InChI is InChI=1S/C8H12N4O2S/c1-11-2-4-12(5-3-11)8-10-9-6(15-8)7(13)14/h2-5H2,1H3,(H,13,14). The van der Waals surface area contributed by atoms with Crippen molar-refractivity contribution < 1.29 is 9.90 Å². The highest BCUT2D eigenvalue weighted by Crippen LogP contribution is 2.21. The van der Waals surface area contributed by atoms with E-state index < -0.39 is 5.97 Å². The molecule has 15 heavy (non-hydrogen) atoms. The van der Waals surface area contributed by atoms with E-state index in [4.69, 9.17) is 5.11 Å². The van der Waals surface area contributed by atoms with E-state index in [1.807, 2.05) is 0 Å². The van der Waals surface area contributed by atoms with Crippen LogP contribution in [0, 0.1) is 0 Å². The Morgan fingerprint density at radius 2 is 2.00 bits per heavy atom. The number of hydrogen-bond acceptors (Lipinski definition) is 6. The number of carbonyl (C=O) groups is 1. The van der Waals surface area contributed by atoms with Gasteiger partial charge in [-0.05, 0) is 7.05 Å². The van der Waals surface area contributed by atoms with E-state index in [9.17, 15) is 4.79 Å². The number of likely N-dealkylation sites (N-methyl/N-ethyl adjacent to an activating group) is 1. The molecule has 82 valence electrons. The first kappa shape index (κ1) is 10.3. The molecule has 2 rings (SSSR count). The van der Waals surface area contributed by atoms with Crippen molar-refractivity contribution in [3.63, 3.8) is 0 Å². The summed E-state index contributed by atoms with van der Waals surface area (Å²) in [5.74, 6) is -1.01. The van der Waals surface area contributed by atoms with Crippen molar-refractivity contribution in [1.29, 1.82) is 0 Å². The minimum Gasteiger partial charge on any atom is -0.476 e. The van der Waals surface area contributed by atoms with Crippen LogP contribution in [-0.4, -0.2) is 59.4 Å². The summed E-state index contributed by atoms with van der Waals surface area (Å²) in [7, 11) is 2.07. The minimum atomic E-state index is -1.01. The van der Waals surface area contributed by atoms with E-state index in [1.54, 1.807) is 0 Å². The van der Waals surface area contributed by atoms with E-state index in [1.165, 1.54) is 0 Å². The van der Waals surface area contributed by atoms with Crippen molar-refractivity contribution >= 4 is 22.4 Å². The largest absolute Gasteiger partial charge is 0.476 e. The number of carboxylic acids is 1. The highest BCUT2D eigenvalue weighted by Gasteiger charge is 2.19. The van der Waals surface area contributed by atoms with Crippen LogP contribution in [0.2, 0.25) is 0 Å². The molecule has 0 aliphatic carbocycles. The zero-order valence-electron chi connectivity index (χ0n) is 8.38. The number of rotatable bonds is 2.